The zero-order valence-electron chi connectivity index (χ0n) is 16.2. The molecule has 2 aromatic carbocycles. The van der Waals surface area contributed by atoms with Crippen molar-refractivity contribution in [2.24, 2.45) is 0 Å². The van der Waals surface area contributed by atoms with Crippen molar-refractivity contribution >= 4 is 22.6 Å². The second-order valence-corrected chi connectivity index (χ2v) is 6.49. The van der Waals surface area contributed by atoms with Crippen molar-refractivity contribution in [3.05, 3.63) is 72.7 Å². The summed E-state index contributed by atoms with van der Waals surface area (Å²) >= 11 is 0. The van der Waals surface area contributed by atoms with Crippen molar-refractivity contribution < 1.29 is 18.5 Å². The number of nitrogens with two attached hydrogens (primary N) is 1. The monoisotopic (exact) mass is 404 g/mol. The van der Waals surface area contributed by atoms with E-state index < -0.39 is 0 Å². The van der Waals surface area contributed by atoms with E-state index in [9.17, 15) is 4.39 Å². The van der Waals surface area contributed by atoms with Crippen LogP contribution in [0.25, 0.3) is 22.2 Å². The first-order chi connectivity index (χ1) is 14.5. The third-order valence-corrected chi connectivity index (χ3v) is 4.51. The van der Waals surface area contributed by atoms with Gasteiger partial charge in [0.25, 0.3) is 5.84 Å². The fourth-order valence-electron chi connectivity index (χ4n) is 3.01. The average molecular weight is 404 g/mol. The summed E-state index contributed by atoms with van der Waals surface area (Å²) < 4.78 is 25.9. The SMILES string of the molecule is COc1ccc2c(OCC(=N)[n+]3nc(-c4cccc(F)c4)ccc3N)ccnc2c1. The lowest BCUT2D eigenvalue weighted by Crippen LogP contribution is -2.51. The van der Waals surface area contributed by atoms with Crippen molar-refractivity contribution in [1.29, 1.82) is 5.41 Å². The molecule has 8 heteroatoms. The molecule has 3 N–H and O–H groups in total. The number of halogens is 1. The van der Waals surface area contributed by atoms with E-state index in [4.69, 9.17) is 20.6 Å². The zero-order valence-corrected chi connectivity index (χ0v) is 16.2. The molecular formula is C22H19FN5O2+. The molecule has 2 aromatic heterocycles. The molecule has 4 rings (SSSR count). The summed E-state index contributed by atoms with van der Waals surface area (Å²) in [4.78, 5) is 4.32. The topological polar surface area (TPSA) is 98.0 Å². The molecule has 0 aliphatic rings. The Balaban J connectivity index is 1.57. The summed E-state index contributed by atoms with van der Waals surface area (Å²) in [6, 6.07) is 16.6. The highest BCUT2D eigenvalue weighted by Gasteiger charge is 2.16. The van der Waals surface area contributed by atoms with Crippen LogP contribution in [-0.4, -0.2) is 29.6 Å². The van der Waals surface area contributed by atoms with Crippen LogP contribution in [0.15, 0.2) is 66.9 Å². The van der Waals surface area contributed by atoms with Crippen LogP contribution >= 0.6 is 0 Å². The van der Waals surface area contributed by atoms with Gasteiger partial charge >= 0.3 is 0 Å². The lowest BCUT2D eigenvalue weighted by atomic mass is 10.1. The van der Waals surface area contributed by atoms with Gasteiger partial charge in [0.05, 0.1) is 12.6 Å². The molecule has 0 amide bonds. The number of nitrogens with one attached hydrogen (secondary N) is 1. The van der Waals surface area contributed by atoms with Gasteiger partial charge in [-0.25, -0.2) is 4.39 Å². The van der Waals surface area contributed by atoms with Crippen LogP contribution < -0.4 is 19.9 Å². The van der Waals surface area contributed by atoms with Crippen molar-refractivity contribution in [3.8, 4) is 22.8 Å². The first-order valence-electron chi connectivity index (χ1n) is 9.13. The number of anilines is 1. The number of nitrogens with zero attached hydrogens (tertiary/aromatic N) is 3. The van der Waals surface area contributed by atoms with Crippen molar-refractivity contribution in [2.75, 3.05) is 19.5 Å². The number of rotatable bonds is 5. The van der Waals surface area contributed by atoms with Gasteiger partial charge in [-0.3, -0.25) is 4.98 Å². The zero-order chi connectivity index (χ0) is 21.1. The first-order valence-corrected chi connectivity index (χ1v) is 9.13. The Morgan fingerprint density at radius 2 is 2.00 bits per heavy atom. The minimum absolute atomic E-state index is 0.0317. The van der Waals surface area contributed by atoms with E-state index in [0.717, 1.165) is 10.9 Å². The molecule has 0 bridgehead atoms. The Hall–Kier alpha value is -4.07. The molecule has 0 saturated heterocycles. The summed E-state index contributed by atoms with van der Waals surface area (Å²) in [6.45, 7) is -0.0698. The lowest BCUT2D eigenvalue weighted by molar-refractivity contribution is -0.609. The van der Waals surface area contributed by atoms with Crippen LogP contribution in [-0.2, 0) is 0 Å². The smallest absolute Gasteiger partial charge is 0.292 e. The highest BCUT2D eigenvalue weighted by atomic mass is 19.1. The van der Waals surface area contributed by atoms with Crippen LogP contribution in [0.5, 0.6) is 11.5 Å². The second kappa shape index (κ2) is 8.12. The maximum atomic E-state index is 13.5. The third kappa shape index (κ3) is 3.88. The summed E-state index contributed by atoms with van der Waals surface area (Å²) in [5.41, 5.74) is 7.80. The van der Waals surface area contributed by atoms with Crippen LogP contribution in [0.3, 0.4) is 0 Å². The largest absolute Gasteiger partial charge is 0.497 e. The van der Waals surface area contributed by atoms with E-state index in [1.54, 1.807) is 43.6 Å². The third-order valence-electron chi connectivity index (χ3n) is 4.51. The van der Waals surface area contributed by atoms with E-state index >= 15 is 0 Å². The number of nitrogen functional groups attached to an aromatic ring is 1. The molecule has 0 fully saturated rings. The van der Waals surface area contributed by atoms with Crippen LogP contribution in [0.1, 0.15) is 0 Å². The average Bonchev–Trinajstić information content (AvgIpc) is 2.77. The highest BCUT2D eigenvalue weighted by Crippen LogP contribution is 2.27. The maximum absolute atomic E-state index is 13.5. The Kier molecular flexibility index (Phi) is 5.21. The number of hydrogen-bond acceptors (Lipinski definition) is 6. The molecule has 0 atom stereocenters. The van der Waals surface area contributed by atoms with Crippen molar-refractivity contribution in [3.63, 3.8) is 0 Å². The molecule has 0 spiro atoms. The van der Waals surface area contributed by atoms with E-state index in [1.165, 1.54) is 16.8 Å². The predicted octanol–water partition coefficient (Wildman–Crippen LogP) is 3.22. The summed E-state index contributed by atoms with van der Waals surface area (Å²) in [7, 11) is 1.59. The number of pyridine rings is 1. The summed E-state index contributed by atoms with van der Waals surface area (Å²) in [5.74, 6) is 1.21. The van der Waals surface area contributed by atoms with Gasteiger partial charge in [-0.05, 0) is 36.4 Å². The van der Waals surface area contributed by atoms with Gasteiger partial charge in [0.15, 0.2) is 6.61 Å². The predicted molar refractivity (Wildman–Crippen MR) is 111 cm³/mol. The molecule has 0 saturated carbocycles. The molecule has 0 aliphatic heterocycles. The molecule has 0 radical (unpaired) electrons. The number of hydrogen-bond donors (Lipinski definition) is 2. The fraction of sp³-hybridized carbons (Fsp3) is 0.0909. The van der Waals surface area contributed by atoms with Crippen LogP contribution in [0.4, 0.5) is 10.2 Å². The molecule has 7 nitrogen and oxygen atoms in total. The Morgan fingerprint density at radius 1 is 1.13 bits per heavy atom. The fourth-order valence-corrected chi connectivity index (χ4v) is 3.01. The molecule has 30 heavy (non-hydrogen) atoms. The minimum atomic E-state index is -0.364. The van der Waals surface area contributed by atoms with Gasteiger partial charge in [-0.15, -0.1) is 9.78 Å². The summed E-state index contributed by atoms with van der Waals surface area (Å²) in [6.07, 6.45) is 1.63. The maximum Gasteiger partial charge on any atom is 0.292 e. The van der Waals surface area contributed by atoms with Gasteiger partial charge in [0.2, 0.25) is 5.82 Å². The van der Waals surface area contributed by atoms with Crippen LogP contribution in [0, 0.1) is 11.2 Å². The van der Waals surface area contributed by atoms with Crippen molar-refractivity contribution in [1.82, 2.24) is 10.1 Å². The standard InChI is InChI=1S/C22H18FN5O2/c1-29-16-5-6-17-19(12-16)26-10-9-20(17)30-13-22(25)28-21(24)8-7-18(27-28)14-3-2-4-15(23)11-14/h2-12,24-25H,13H2,1H3/p+1. The first kappa shape index (κ1) is 19.3. The van der Waals surface area contributed by atoms with Gasteiger partial charge in [-0.2, -0.15) is 5.41 Å². The van der Waals surface area contributed by atoms with Gasteiger partial charge in [-0.1, -0.05) is 12.1 Å². The van der Waals surface area contributed by atoms with Gasteiger partial charge in [0.1, 0.15) is 23.0 Å². The second-order valence-electron chi connectivity index (χ2n) is 6.49. The van der Waals surface area contributed by atoms with E-state index in [1.807, 2.05) is 18.2 Å². The van der Waals surface area contributed by atoms with E-state index in [-0.39, 0.29) is 24.1 Å². The molecule has 0 unspecified atom stereocenters. The number of methoxy groups -OCH3 is 1. The minimum Gasteiger partial charge on any atom is -0.497 e. The Morgan fingerprint density at radius 3 is 2.80 bits per heavy atom. The van der Waals surface area contributed by atoms with E-state index in [2.05, 4.69) is 10.1 Å². The Labute approximate surface area is 172 Å². The molecule has 150 valence electrons. The normalized spacial score (nSPS) is 10.7. The molecule has 2 heterocycles. The summed E-state index contributed by atoms with van der Waals surface area (Å²) in [5, 5.41) is 13.5. The molecule has 4 aromatic rings. The Bertz CT molecular complexity index is 1250. The number of fused-ring (bicyclic) bond motifs is 1. The number of aromatic nitrogens is 3. The van der Waals surface area contributed by atoms with E-state index in [0.29, 0.717) is 22.8 Å². The van der Waals surface area contributed by atoms with Gasteiger partial charge < -0.3 is 15.2 Å². The lowest BCUT2D eigenvalue weighted by Gasteiger charge is -2.10. The van der Waals surface area contributed by atoms with Gasteiger partial charge in [0, 0.05) is 29.3 Å². The highest BCUT2D eigenvalue weighted by molar-refractivity contribution is 5.86. The molecule has 0 aliphatic carbocycles. The van der Waals surface area contributed by atoms with Crippen LogP contribution in [0.2, 0.25) is 0 Å². The quantitative estimate of drug-likeness (QED) is 0.302. The number of benzene rings is 2. The number of ether oxygens (including phenoxy) is 2. The molecular weight excluding hydrogens is 385 g/mol. The van der Waals surface area contributed by atoms with Crippen molar-refractivity contribution in [2.45, 2.75) is 0 Å².